The average Bonchev–Trinajstić information content (AvgIpc) is 2.94. The summed E-state index contributed by atoms with van der Waals surface area (Å²) in [6.07, 6.45) is 3.86. The van der Waals surface area contributed by atoms with Crippen molar-refractivity contribution in [3.05, 3.63) is 29.3 Å². The molecule has 0 heterocycles. The van der Waals surface area contributed by atoms with Gasteiger partial charge in [-0.25, -0.2) is 0 Å². The summed E-state index contributed by atoms with van der Waals surface area (Å²) in [5.41, 5.74) is 0.869. The predicted molar refractivity (Wildman–Crippen MR) is 97.0 cm³/mol. The van der Waals surface area contributed by atoms with Crippen molar-refractivity contribution in [2.24, 2.45) is 0 Å². The van der Waals surface area contributed by atoms with E-state index in [9.17, 15) is 4.79 Å². The predicted octanol–water partition coefficient (Wildman–Crippen LogP) is 4.43. The molecule has 2 atom stereocenters. The van der Waals surface area contributed by atoms with Crippen molar-refractivity contribution in [1.82, 2.24) is 4.90 Å². The number of nitrogens with zero attached hydrogens (tertiary/aromatic N) is 2. The summed E-state index contributed by atoms with van der Waals surface area (Å²) in [6.45, 7) is 0. The summed E-state index contributed by atoms with van der Waals surface area (Å²) in [6, 6.07) is 7.92. The Bertz CT molecular complexity index is 495. The number of hydrogen-bond acceptors (Lipinski definition) is 3. The van der Waals surface area contributed by atoms with Crippen LogP contribution in [0.2, 0.25) is 5.02 Å². The second-order valence-corrected chi connectivity index (χ2v) is 7.71. The molecule has 122 valence electrons. The van der Waals surface area contributed by atoms with Crippen LogP contribution in [0.15, 0.2) is 24.3 Å². The Kier molecular flexibility index (Phi) is 6.87. The molecule has 1 aliphatic rings. The summed E-state index contributed by atoms with van der Waals surface area (Å²) in [7, 11) is 4.22. The van der Waals surface area contributed by atoms with Crippen LogP contribution in [0, 0.1) is 0 Å². The zero-order valence-electron chi connectivity index (χ0n) is 13.0. The van der Waals surface area contributed by atoms with Gasteiger partial charge in [0.2, 0.25) is 5.91 Å². The first kappa shape index (κ1) is 17.9. The van der Waals surface area contributed by atoms with Crippen LogP contribution in [0.25, 0.3) is 0 Å². The second-order valence-electron chi connectivity index (χ2n) is 5.71. The topological polar surface area (TPSA) is 23.6 Å². The van der Waals surface area contributed by atoms with Crippen molar-refractivity contribution in [2.45, 2.75) is 37.0 Å². The minimum absolute atomic E-state index is 0.0479. The molecule has 1 aromatic rings. The summed E-state index contributed by atoms with van der Waals surface area (Å²) < 4.78 is 1.80. The molecule has 2 rings (SSSR count). The van der Waals surface area contributed by atoms with Gasteiger partial charge >= 0.3 is 0 Å². The molecule has 1 amide bonds. The highest BCUT2D eigenvalue weighted by Gasteiger charge is 2.33. The lowest BCUT2D eigenvalue weighted by Gasteiger charge is -2.30. The number of halogens is 2. The van der Waals surface area contributed by atoms with Crippen LogP contribution >= 0.6 is 35.1 Å². The molecule has 3 nitrogen and oxygen atoms in total. The quantitative estimate of drug-likeness (QED) is 0.553. The van der Waals surface area contributed by atoms with E-state index in [0.717, 1.165) is 12.1 Å². The van der Waals surface area contributed by atoms with Gasteiger partial charge in [-0.2, -0.15) is 0 Å². The fourth-order valence-corrected chi connectivity index (χ4v) is 4.58. The maximum atomic E-state index is 12.5. The minimum atomic E-state index is 0.0479. The van der Waals surface area contributed by atoms with Gasteiger partial charge in [-0.1, -0.05) is 18.0 Å². The van der Waals surface area contributed by atoms with E-state index in [0.29, 0.717) is 28.6 Å². The molecule has 2 unspecified atom stereocenters. The maximum absolute atomic E-state index is 12.5. The molecule has 1 fully saturated rings. The number of carbonyl (C=O) groups excluding carboxylic acids is 1. The number of rotatable bonds is 6. The molecular weight excluding hydrogens is 339 g/mol. The van der Waals surface area contributed by atoms with Gasteiger partial charge in [0, 0.05) is 28.6 Å². The molecule has 1 aliphatic carbocycles. The highest BCUT2D eigenvalue weighted by molar-refractivity contribution is 8.02. The fraction of sp³-hybridized carbons (Fsp3) is 0.562. The zero-order valence-corrected chi connectivity index (χ0v) is 15.3. The summed E-state index contributed by atoms with van der Waals surface area (Å²) in [5.74, 6) is 0.386. The first-order chi connectivity index (χ1) is 10.5. The van der Waals surface area contributed by atoms with E-state index in [1.54, 1.807) is 16.3 Å². The first-order valence-corrected chi connectivity index (χ1v) is 9.25. The highest BCUT2D eigenvalue weighted by atomic mass is 35.5. The van der Waals surface area contributed by atoms with Crippen molar-refractivity contribution in [1.29, 1.82) is 0 Å². The van der Waals surface area contributed by atoms with E-state index in [4.69, 9.17) is 23.2 Å². The Morgan fingerprint density at radius 1 is 1.27 bits per heavy atom. The van der Waals surface area contributed by atoms with Crippen LogP contribution in [-0.4, -0.2) is 42.1 Å². The normalized spacial score (nSPS) is 21.3. The molecule has 0 radical (unpaired) electrons. The smallest absolute Gasteiger partial charge is 0.238 e. The molecule has 1 saturated carbocycles. The van der Waals surface area contributed by atoms with Gasteiger partial charge in [0.05, 0.1) is 5.69 Å². The molecule has 0 spiro atoms. The lowest BCUT2D eigenvalue weighted by Crippen LogP contribution is -2.36. The highest BCUT2D eigenvalue weighted by Crippen LogP contribution is 2.37. The molecule has 0 bridgehead atoms. The van der Waals surface area contributed by atoms with Crippen LogP contribution in [-0.2, 0) is 4.79 Å². The summed E-state index contributed by atoms with van der Waals surface area (Å²) in [4.78, 5) is 14.7. The van der Waals surface area contributed by atoms with Crippen molar-refractivity contribution < 1.29 is 4.79 Å². The van der Waals surface area contributed by atoms with Crippen molar-refractivity contribution in [3.63, 3.8) is 0 Å². The second kappa shape index (κ2) is 8.44. The Balaban J connectivity index is 2.17. The molecular formula is C16H22Cl2N2OS. The zero-order chi connectivity index (χ0) is 16.1. The number of alkyl halides is 1. The number of benzene rings is 1. The lowest BCUT2D eigenvalue weighted by atomic mass is 10.2. The molecule has 0 aromatic heterocycles. The van der Waals surface area contributed by atoms with Crippen LogP contribution in [0.5, 0.6) is 0 Å². The Morgan fingerprint density at radius 3 is 2.55 bits per heavy atom. The van der Waals surface area contributed by atoms with Crippen LogP contribution in [0.4, 0.5) is 5.69 Å². The number of carbonyl (C=O) groups is 1. The van der Waals surface area contributed by atoms with Gasteiger partial charge in [-0.05, 0) is 63.2 Å². The Hall–Kier alpha value is -0.420. The van der Waals surface area contributed by atoms with Gasteiger partial charge < -0.3 is 4.90 Å². The summed E-state index contributed by atoms with van der Waals surface area (Å²) in [5, 5.41) is 1.09. The van der Waals surface area contributed by atoms with E-state index in [-0.39, 0.29) is 5.91 Å². The Labute approximate surface area is 147 Å². The lowest BCUT2D eigenvalue weighted by molar-refractivity contribution is -0.117. The largest absolute Gasteiger partial charge is 0.305 e. The summed E-state index contributed by atoms with van der Waals surface area (Å²) >= 11 is 13.4. The number of hydrogen-bond donors (Lipinski definition) is 0. The third-order valence-electron chi connectivity index (χ3n) is 3.92. The third kappa shape index (κ3) is 4.54. The van der Waals surface area contributed by atoms with Gasteiger partial charge in [0.1, 0.15) is 0 Å². The molecule has 0 aliphatic heterocycles. The van der Waals surface area contributed by atoms with E-state index in [1.807, 2.05) is 24.3 Å². The van der Waals surface area contributed by atoms with Crippen molar-refractivity contribution in [2.75, 3.05) is 24.3 Å². The SMILES string of the molecule is CN(C)C1CCCC1SN(C(=O)CCCl)c1ccc(Cl)cc1. The van der Waals surface area contributed by atoms with Crippen molar-refractivity contribution >= 4 is 46.7 Å². The van der Waals surface area contributed by atoms with Gasteiger partial charge in [-0.3, -0.25) is 9.10 Å². The molecule has 1 aromatic carbocycles. The maximum Gasteiger partial charge on any atom is 0.238 e. The van der Waals surface area contributed by atoms with Crippen LogP contribution in [0.1, 0.15) is 25.7 Å². The van der Waals surface area contributed by atoms with Crippen LogP contribution in [0.3, 0.4) is 0 Å². The fourth-order valence-electron chi connectivity index (χ4n) is 2.78. The van der Waals surface area contributed by atoms with Gasteiger partial charge in [-0.15, -0.1) is 11.6 Å². The standard InChI is InChI=1S/C16H22Cl2N2OS/c1-19(2)14-4-3-5-15(14)22-20(16(21)10-11-17)13-8-6-12(18)7-9-13/h6-9,14-15H,3-5,10-11H2,1-2H3. The van der Waals surface area contributed by atoms with Crippen molar-refractivity contribution in [3.8, 4) is 0 Å². The van der Waals surface area contributed by atoms with Gasteiger partial charge in [0.25, 0.3) is 0 Å². The monoisotopic (exact) mass is 360 g/mol. The van der Waals surface area contributed by atoms with Crippen LogP contribution < -0.4 is 4.31 Å². The van der Waals surface area contributed by atoms with Gasteiger partial charge in [0.15, 0.2) is 0 Å². The third-order valence-corrected chi connectivity index (χ3v) is 5.80. The van der Waals surface area contributed by atoms with E-state index >= 15 is 0 Å². The average molecular weight is 361 g/mol. The first-order valence-electron chi connectivity index (χ1n) is 7.50. The van der Waals surface area contributed by atoms with E-state index < -0.39 is 0 Å². The molecule has 22 heavy (non-hydrogen) atoms. The minimum Gasteiger partial charge on any atom is -0.305 e. The molecule has 0 saturated heterocycles. The molecule has 6 heteroatoms. The number of amides is 1. The number of anilines is 1. The van der Waals surface area contributed by atoms with E-state index in [2.05, 4.69) is 19.0 Å². The molecule has 0 N–H and O–H groups in total. The van der Waals surface area contributed by atoms with E-state index in [1.165, 1.54) is 12.8 Å². The Morgan fingerprint density at radius 2 is 1.95 bits per heavy atom.